The van der Waals surface area contributed by atoms with Gasteiger partial charge in [-0.1, -0.05) is 48.5 Å². The van der Waals surface area contributed by atoms with Crippen LogP contribution in [0.1, 0.15) is 35.9 Å². The fourth-order valence-electron chi connectivity index (χ4n) is 3.85. The summed E-state index contributed by atoms with van der Waals surface area (Å²) in [6.45, 7) is 8.12. The summed E-state index contributed by atoms with van der Waals surface area (Å²) >= 11 is 1.30. The molecule has 0 radical (unpaired) electrons. The maximum atomic E-state index is 13.5. The van der Waals surface area contributed by atoms with Crippen LogP contribution in [-0.2, 0) is 16.1 Å². The zero-order valence-corrected chi connectivity index (χ0v) is 22.7. The van der Waals surface area contributed by atoms with Crippen LogP contribution in [0.15, 0.2) is 59.8 Å². The maximum absolute atomic E-state index is 13.5. The van der Waals surface area contributed by atoms with Crippen molar-refractivity contribution in [1.29, 1.82) is 0 Å². The summed E-state index contributed by atoms with van der Waals surface area (Å²) < 4.78 is 0. The third-order valence-corrected chi connectivity index (χ3v) is 6.63. The van der Waals surface area contributed by atoms with Crippen LogP contribution >= 0.6 is 11.8 Å². The first-order valence-corrected chi connectivity index (χ1v) is 13.0. The highest BCUT2D eigenvalue weighted by Gasteiger charge is 2.29. The molecule has 8 heteroatoms. The van der Waals surface area contributed by atoms with Crippen molar-refractivity contribution in [2.24, 2.45) is 0 Å². The van der Waals surface area contributed by atoms with Crippen molar-refractivity contribution in [2.45, 2.75) is 51.9 Å². The van der Waals surface area contributed by atoms with Gasteiger partial charge in [0, 0.05) is 43.4 Å². The van der Waals surface area contributed by atoms with Crippen LogP contribution in [-0.4, -0.2) is 52.6 Å². The van der Waals surface area contributed by atoms with Gasteiger partial charge >= 0.3 is 0 Å². The average Bonchev–Trinajstić information content (AvgIpc) is 2.83. The van der Waals surface area contributed by atoms with Crippen molar-refractivity contribution in [1.82, 2.24) is 14.9 Å². The Morgan fingerprint density at radius 1 is 0.944 bits per heavy atom. The Labute approximate surface area is 218 Å². The molecule has 1 aromatic heterocycles. The van der Waals surface area contributed by atoms with Gasteiger partial charge in [-0.3, -0.25) is 9.59 Å². The maximum Gasteiger partial charge on any atom is 0.247 e. The summed E-state index contributed by atoms with van der Waals surface area (Å²) in [6.07, 6.45) is 0.490. The number of benzene rings is 2. The number of carbonyl (C=O) groups is 2. The number of aryl methyl sites for hydroxylation is 3. The van der Waals surface area contributed by atoms with Gasteiger partial charge in [-0.25, -0.2) is 9.97 Å². The molecule has 0 aliphatic heterocycles. The average molecular weight is 506 g/mol. The van der Waals surface area contributed by atoms with Crippen molar-refractivity contribution >= 4 is 35.0 Å². The lowest BCUT2D eigenvalue weighted by molar-refractivity contribution is -0.137. The van der Waals surface area contributed by atoms with E-state index in [1.54, 1.807) is 4.90 Å². The Bertz CT molecular complexity index is 1160. The SMILES string of the molecule is CCC(C(=O)Nc1ccc(N(C)C)cc1)N(Cc1ccc(C)cc1)C(=O)CSc1nc(C)cc(C)n1. The number of rotatable bonds is 10. The van der Waals surface area contributed by atoms with Crippen LogP contribution < -0.4 is 10.2 Å². The topological polar surface area (TPSA) is 78.4 Å². The molecule has 3 rings (SSSR count). The lowest BCUT2D eigenvalue weighted by Crippen LogP contribution is -2.47. The third kappa shape index (κ3) is 7.55. The van der Waals surface area contributed by atoms with E-state index in [1.165, 1.54) is 11.8 Å². The first-order chi connectivity index (χ1) is 17.2. The molecular weight excluding hydrogens is 470 g/mol. The molecule has 7 nitrogen and oxygen atoms in total. The van der Waals surface area contributed by atoms with Gasteiger partial charge in [0.25, 0.3) is 0 Å². The first-order valence-electron chi connectivity index (χ1n) is 12.0. The van der Waals surface area contributed by atoms with E-state index in [-0.39, 0.29) is 17.6 Å². The van der Waals surface area contributed by atoms with Crippen molar-refractivity contribution < 1.29 is 9.59 Å². The summed E-state index contributed by atoms with van der Waals surface area (Å²) in [5.41, 5.74) is 5.58. The zero-order chi connectivity index (χ0) is 26.2. The summed E-state index contributed by atoms with van der Waals surface area (Å²) in [5.74, 6) is -0.188. The molecule has 1 atom stereocenters. The zero-order valence-electron chi connectivity index (χ0n) is 21.9. The summed E-state index contributed by atoms with van der Waals surface area (Å²) in [4.78, 5) is 39.4. The van der Waals surface area contributed by atoms with Crippen molar-refractivity contribution in [2.75, 3.05) is 30.1 Å². The van der Waals surface area contributed by atoms with Crippen LogP contribution in [0.5, 0.6) is 0 Å². The number of thioether (sulfide) groups is 1. The van der Waals surface area contributed by atoms with E-state index in [0.29, 0.717) is 23.8 Å². The number of amides is 2. The molecule has 1 heterocycles. The molecule has 0 saturated carbocycles. The van der Waals surface area contributed by atoms with E-state index in [0.717, 1.165) is 28.2 Å². The molecule has 2 aromatic carbocycles. The van der Waals surface area contributed by atoms with E-state index < -0.39 is 6.04 Å². The molecule has 0 saturated heterocycles. The predicted octanol–water partition coefficient (Wildman–Crippen LogP) is 5.01. The van der Waals surface area contributed by atoms with E-state index in [2.05, 4.69) is 15.3 Å². The van der Waals surface area contributed by atoms with Gasteiger partial charge in [-0.15, -0.1) is 0 Å². The number of carbonyl (C=O) groups excluding carboxylic acids is 2. The monoisotopic (exact) mass is 505 g/mol. The van der Waals surface area contributed by atoms with E-state index in [9.17, 15) is 9.59 Å². The minimum atomic E-state index is -0.618. The van der Waals surface area contributed by atoms with Gasteiger partial charge in [0.15, 0.2) is 5.16 Å². The normalized spacial score (nSPS) is 11.6. The summed E-state index contributed by atoms with van der Waals surface area (Å²) in [6, 6.07) is 17.0. The molecule has 3 aromatic rings. The van der Waals surface area contributed by atoms with E-state index in [1.807, 2.05) is 101 Å². The van der Waals surface area contributed by atoms with Crippen LogP contribution in [0.3, 0.4) is 0 Å². The Hall–Kier alpha value is -3.39. The highest BCUT2D eigenvalue weighted by molar-refractivity contribution is 7.99. The van der Waals surface area contributed by atoms with Gasteiger partial charge in [0.1, 0.15) is 6.04 Å². The second-order valence-electron chi connectivity index (χ2n) is 9.08. The standard InChI is InChI=1S/C28H35N5O2S/c1-7-25(27(35)31-23-12-14-24(15-13-23)32(5)6)33(17-22-10-8-19(2)9-11-22)26(34)18-36-28-29-20(3)16-21(4)30-28/h8-16,25H,7,17-18H2,1-6H3,(H,31,35). The largest absolute Gasteiger partial charge is 0.378 e. The van der Waals surface area contributed by atoms with Crippen LogP contribution in [0.2, 0.25) is 0 Å². The van der Waals surface area contributed by atoms with Crippen molar-refractivity contribution in [3.05, 3.63) is 77.1 Å². The van der Waals surface area contributed by atoms with Gasteiger partial charge in [0.05, 0.1) is 5.75 Å². The van der Waals surface area contributed by atoms with Gasteiger partial charge in [-0.2, -0.15) is 0 Å². The molecule has 0 aliphatic rings. The molecule has 0 spiro atoms. The lowest BCUT2D eigenvalue weighted by Gasteiger charge is -2.30. The molecule has 2 amide bonds. The Morgan fingerprint density at radius 3 is 2.11 bits per heavy atom. The fourth-order valence-corrected chi connectivity index (χ4v) is 4.68. The second-order valence-corrected chi connectivity index (χ2v) is 10.0. The smallest absolute Gasteiger partial charge is 0.247 e. The number of hydrogen-bond donors (Lipinski definition) is 1. The second kappa shape index (κ2) is 12.5. The van der Waals surface area contributed by atoms with E-state index in [4.69, 9.17) is 0 Å². The molecular formula is C28H35N5O2S. The predicted molar refractivity (Wildman–Crippen MR) is 147 cm³/mol. The molecule has 190 valence electrons. The Kier molecular flexibility index (Phi) is 9.47. The Morgan fingerprint density at radius 2 is 1.56 bits per heavy atom. The minimum absolute atomic E-state index is 0.131. The number of anilines is 2. The van der Waals surface area contributed by atoms with Gasteiger partial charge in [-0.05, 0) is 63.1 Å². The quantitative estimate of drug-likeness (QED) is 0.308. The van der Waals surface area contributed by atoms with Crippen LogP contribution in [0.4, 0.5) is 11.4 Å². The van der Waals surface area contributed by atoms with Crippen molar-refractivity contribution in [3.63, 3.8) is 0 Å². The molecule has 36 heavy (non-hydrogen) atoms. The Balaban J connectivity index is 1.80. The van der Waals surface area contributed by atoms with Crippen molar-refractivity contribution in [3.8, 4) is 0 Å². The van der Waals surface area contributed by atoms with E-state index >= 15 is 0 Å². The van der Waals surface area contributed by atoms with Crippen LogP contribution in [0, 0.1) is 20.8 Å². The number of nitrogens with one attached hydrogen (secondary N) is 1. The molecule has 0 bridgehead atoms. The third-order valence-electron chi connectivity index (χ3n) is 5.80. The molecule has 0 aliphatic carbocycles. The number of hydrogen-bond acceptors (Lipinski definition) is 6. The lowest BCUT2D eigenvalue weighted by atomic mass is 10.1. The molecule has 1 N–H and O–H groups in total. The molecule has 1 unspecified atom stereocenters. The number of nitrogens with zero attached hydrogens (tertiary/aromatic N) is 4. The number of aromatic nitrogens is 2. The summed E-state index contributed by atoms with van der Waals surface area (Å²) in [5, 5.41) is 3.56. The highest BCUT2D eigenvalue weighted by atomic mass is 32.2. The fraction of sp³-hybridized carbons (Fsp3) is 0.357. The van der Waals surface area contributed by atoms with Crippen LogP contribution in [0.25, 0.3) is 0 Å². The molecule has 0 fully saturated rings. The van der Waals surface area contributed by atoms with Gasteiger partial charge < -0.3 is 15.1 Å². The highest BCUT2D eigenvalue weighted by Crippen LogP contribution is 2.21. The summed E-state index contributed by atoms with van der Waals surface area (Å²) in [7, 11) is 3.94. The first kappa shape index (κ1) is 27.2. The minimum Gasteiger partial charge on any atom is -0.378 e. The van der Waals surface area contributed by atoms with Gasteiger partial charge in [0.2, 0.25) is 11.8 Å².